The van der Waals surface area contributed by atoms with Gasteiger partial charge in [0.1, 0.15) is 0 Å². The highest BCUT2D eigenvalue weighted by Crippen LogP contribution is 2.05. The lowest BCUT2D eigenvalue weighted by Crippen LogP contribution is -2.00. The maximum Gasteiger partial charge on any atom is 0.238 e. The van der Waals surface area contributed by atoms with Crippen LogP contribution in [0.15, 0.2) is 18.3 Å². The lowest BCUT2D eigenvalue weighted by molar-refractivity contribution is 0.884. The molecule has 2 rings (SSSR count). The number of fused-ring (bicyclic) bond motifs is 1. The Labute approximate surface area is 63.7 Å². The van der Waals surface area contributed by atoms with Gasteiger partial charge in [-0.05, 0) is 19.1 Å². The minimum atomic E-state index is 0.303. The van der Waals surface area contributed by atoms with E-state index in [1.54, 1.807) is 10.7 Å². The van der Waals surface area contributed by atoms with E-state index in [1.807, 2.05) is 19.1 Å². The minimum absolute atomic E-state index is 0.303. The van der Waals surface area contributed by atoms with Gasteiger partial charge < -0.3 is 5.73 Å². The maximum atomic E-state index is 5.41. The van der Waals surface area contributed by atoms with Crippen molar-refractivity contribution in [3.05, 3.63) is 24.0 Å². The van der Waals surface area contributed by atoms with Crippen molar-refractivity contribution in [2.75, 3.05) is 5.73 Å². The van der Waals surface area contributed by atoms with E-state index < -0.39 is 0 Å². The normalized spacial score (nSPS) is 10.6. The molecule has 0 aromatic carbocycles. The molecule has 0 bridgehead atoms. The van der Waals surface area contributed by atoms with E-state index in [4.69, 9.17) is 5.73 Å². The van der Waals surface area contributed by atoms with E-state index >= 15 is 0 Å². The number of hydrogen-bond acceptors (Lipinski definition) is 3. The average Bonchev–Trinajstić information content (AvgIpc) is 2.33. The Morgan fingerprint density at radius 2 is 2.27 bits per heavy atom. The molecular formula is C7H8N4. The van der Waals surface area contributed by atoms with Crippen LogP contribution in [-0.4, -0.2) is 14.6 Å². The van der Waals surface area contributed by atoms with E-state index in [-0.39, 0.29) is 0 Å². The molecule has 2 N–H and O–H groups in total. The summed E-state index contributed by atoms with van der Waals surface area (Å²) >= 11 is 0. The summed E-state index contributed by atoms with van der Waals surface area (Å²) in [4.78, 5) is 3.87. The third-order valence-electron chi connectivity index (χ3n) is 1.61. The lowest BCUT2D eigenvalue weighted by atomic mass is 10.5. The molecule has 0 aliphatic carbocycles. The summed E-state index contributed by atoms with van der Waals surface area (Å²) < 4.78 is 1.77. The van der Waals surface area contributed by atoms with Crippen molar-refractivity contribution in [1.82, 2.24) is 14.6 Å². The maximum absolute atomic E-state index is 5.41. The van der Waals surface area contributed by atoms with Crippen molar-refractivity contribution in [3.8, 4) is 0 Å². The molecule has 0 radical (unpaired) electrons. The topological polar surface area (TPSA) is 56.2 Å². The van der Waals surface area contributed by atoms with Crippen LogP contribution in [0.5, 0.6) is 0 Å². The highest BCUT2D eigenvalue weighted by molar-refractivity contribution is 5.46. The molecule has 4 nitrogen and oxygen atoms in total. The van der Waals surface area contributed by atoms with Crippen LogP contribution in [0, 0.1) is 6.92 Å². The van der Waals surface area contributed by atoms with Crippen molar-refractivity contribution >= 4 is 11.5 Å². The monoisotopic (exact) mass is 148 g/mol. The van der Waals surface area contributed by atoms with E-state index in [0.29, 0.717) is 5.95 Å². The average molecular weight is 148 g/mol. The fourth-order valence-electron chi connectivity index (χ4n) is 1.05. The summed E-state index contributed by atoms with van der Waals surface area (Å²) in [5.74, 6) is 0.303. The van der Waals surface area contributed by atoms with Crippen molar-refractivity contribution < 1.29 is 0 Å². The summed E-state index contributed by atoms with van der Waals surface area (Å²) in [6, 6.07) is 3.93. The molecule has 0 aliphatic rings. The molecule has 11 heavy (non-hydrogen) atoms. The number of nitrogens with zero attached hydrogens (tertiary/aromatic N) is 3. The highest BCUT2D eigenvalue weighted by Gasteiger charge is 1.97. The number of nitrogen functional groups attached to an aromatic ring is 1. The minimum Gasteiger partial charge on any atom is -0.367 e. The molecule has 4 heteroatoms. The summed E-state index contributed by atoms with van der Waals surface area (Å²) in [6.45, 7) is 1.97. The molecule has 0 amide bonds. The molecule has 0 saturated heterocycles. The van der Waals surface area contributed by atoms with Crippen LogP contribution in [0.2, 0.25) is 0 Å². The Hall–Kier alpha value is -1.58. The molecule has 0 saturated carbocycles. The smallest absolute Gasteiger partial charge is 0.238 e. The van der Waals surface area contributed by atoms with Crippen LogP contribution in [-0.2, 0) is 0 Å². The molecule has 0 unspecified atom stereocenters. The molecule has 0 spiro atoms. The Bertz CT molecular complexity index is 390. The SMILES string of the molecule is Cc1ccc2cnc(N)nn12. The molecule has 2 aromatic heterocycles. The molecule has 2 heterocycles. The van der Waals surface area contributed by atoms with Crippen LogP contribution >= 0.6 is 0 Å². The van der Waals surface area contributed by atoms with E-state index in [2.05, 4.69) is 10.1 Å². The Morgan fingerprint density at radius 3 is 3.09 bits per heavy atom. The number of hydrogen-bond donors (Lipinski definition) is 1. The molecule has 0 aliphatic heterocycles. The van der Waals surface area contributed by atoms with Crippen LogP contribution in [0.3, 0.4) is 0 Å². The fourth-order valence-corrected chi connectivity index (χ4v) is 1.05. The zero-order valence-corrected chi connectivity index (χ0v) is 6.15. The zero-order chi connectivity index (χ0) is 7.84. The van der Waals surface area contributed by atoms with E-state index in [1.165, 1.54) is 0 Å². The highest BCUT2D eigenvalue weighted by atomic mass is 15.3. The fraction of sp³-hybridized carbons (Fsp3) is 0.143. The molecular weight excluding hydrogens is 140 g/mol. The predicted molar refractivity (Wildman–Crippen MR) is 42.1 cm³/mol. The van der Waals surface area contributed by atoms with Crippen LogP contribution in [0.4, 0.5) is 5.95 Å². The Morgan fingerprint density at radius 1 is 1.45 bits per heavy atom. The third kappa shape index (κ3) is 0.832. The lowest BCUT2D eigenvalue weighted by Gasteiger charge is -1.95. The van der Waals surface area contributed by atoms with Gasteiger partial charge >= 0.3 is 0 Å². The van der Waals surface area contributed by atoms with Crippen LogP contribution in [0.1, 0.15) is 5.69 Å². The van der Waals surface area contributed by atoms with Gasteiger partial charge in [0, 0.05) is 5.69 Å². The van der Waals surface area contributed by atoms with Crippen molar-refractivity contribution in [1.29, 1.82) is 0 Å². The standard InChI is InChI=1S/C7H8N4/c1-5-2-3-6-4-9-7(8)10-11(5)6/h2-4H,1H3,(H2,8,10). The molecule has 2 aromatic rings. The largest absolute Gasteiger partial charge is 0.367 e. The van der Waals surface area contributed by atoms with Crippen LogP contribution < -0.4 is 5.73 Å². The summed E-state index contributed by atoms with van der Waals surface area (Å²) in [6.07, 6.45) is 1.70. The summed E-state index contributed by atoms with van der Waals surface area (Å²) in [5.41, 5.74) is 7.44. The van der Waals surface area contributed by atoms with Gasteiger partial charge in [0.25, 0.3) is 0 Å². The number of aromatic nitrogens is 3. The zero-order valence-electron chi connectivity index (χ0n) is 6.15. The van der Waals surface area contributed by atoms with Crippen molar-refractivity contribution in [2.45, 2.75) is 6.92 Å². The first-order valence-electron chi connectivity index (χ1n) is 3.34. The number of nitrogens with two attached hydrogens (primary N) is 1. The first-order chi connectivity index (χ1) is 5.27. The van der Waals surface area contributed by atoms with E-state index in [0.717, 1.165) is 11.2 Å². The molecule has 0 atom stereocenters. The van der Waals surface area contributed by atoms with Crippen molar-refractivity contribution in [2.24, 2.45) is 0 Å². The van der Waals surface area contributed by atoms with Crippen LogP contribution in [0.25, 0.3) is 5.52 Å². The predicted octanol–water partition coefficient (Wildman–Crippen LogP) is 0.620. The molecule has 0 fully saturated rings. The van der Waals surface area contributed by atoms with Gasteiger partial charge in [-0.1, -0.05) is 0 Å². The second-order valence-corrected chi connectivity index (χ2v) is 2.43. The van der Waals surface area contributed by atoms with Gasteiger partial charge in [-0.25, -0.2) is 9.50 Å². The second kappa shape index (κ2) is 1.95. The number of anilines is 1. The number of rotatable bonds is 0. The molecule has 56 valence electrons. The van der Waals surface area contributed by atoms with Gasteiger partial charge in [0.05, 0.1) is 11.7 Å². The first-order valence-corrected chi connectivity index (χ1v) is 3.34. The van der Waals surface area contributed by atoms with Gasteiger partial charge in [0.2, 0.25) is 5.95 Å². The Balaban J connectivity index is 2.87. The first kappa shape index (κ1) is 6.15. The van der Waals surface area contributed by atoms with Gasteiger partial charge in [-0.15, -0.1) is 5.10 Å². The summed E-state index contributed by atoms with van der Waals surface area (Å²) in [7, 11) is 0. The summed E-state index contributed by atoms with van der Waals surface area (Å²) in [5, 5.41) is 4.02. The van der Waals surface area contributed by atoms with Gasteiger partial charge in [0.15, 0.2) is 0 Å². The van der Waals surface area contributed by atoms with E-state index in [9.17, 15) is 0 Å². The van der Waals surface area contributed by atoms with Gasteiger partial charge in [-0.2, -0.15) is 0 Å². The van der Waals surface area contributed by atoms with Crippen molar-refractivity contribution in [3.63, 3.8) is 0 Å². The number of aryl methyl sites for hydroxylation is 1. The third-order valence-corrected chi connectivity index (χ3v) is 1.61. The quantitative estimate of drug-likeness (QED) is 0.595. The second-order valence-electron chi connectivity index (χ2n) is 2.43. The van der Waals surface area contributed by atoms with Gasteiger partial charge in [-0.3, -0.25) is 0 Å². The Kier molecular flexibility index (Phi) is 1.09.